The van der Waals surface area contributed by atoms with Crippen LogP contribution in [0, 0.1) is 6.92 Å². The molecule has 2 saturated heterocycles. The predicted molar refractivity (Wildman–Crippen MR) is 86.4 cm³/mol. The van der Waals surface area contributed by atoms with Gasteiger partial charge in [0.25, 0.3) is 5.91 Å². The van der Waals surface area contributed by atoms with Crippen LogP contribution in [0.15, 0.2) is 9.52 Å². The second-order valence-electron chi connectivity index (χ2n) is 5.94. The Hall–Kier alpha value is -2.16. The molecule has 1 N–H and O–H groups in total. The number of nitrogens with one attached hydrogen (secondary N) is 1. The molecular weight excluding hydrogens is 312 g/mol. The van der Waals surface area contributed by atoms with Crippen molar-refractivity contribution in [2.45, 2.75) is 32.4 Å². The van der Waals surface area contributed by atoms with Crippen molar-refractivity contribution in [3.8, 4) is 0 Å². The SMILES string of the molecule is CN=C(NCc1noc(C)n1)N1CCN(C(=O)C2CCCO2)CC1. The molecule has 9 nitrogen and oxygen atoms in total. The Labute approximate surface area is 141 Å². The molecule has 2 aliphatic rings. The Morgan fingerprint density at radius 3 is 2.67 bits per heavy atom. The fraction of sp³-hybridized carbons (Fsp3) is 0.733. The van der Waals surface area contributed by atoms with Crippen LogP contribution >= 0.6 is 0 Å². The zero-order valence-corrected chi connectivity index (χ0v) is 14.2. The van der Waals surface area contributed by atoms with Gasteiger partial charge in [0.2, 0.25) is 5.89 Å². The van der Waals surface area contributed by atoms with Crippen LogP contribution in [-0.2, 0) is 16.1 Å². The predicted octanol–water partition coefficient (Wildman–Crippen LogP) is -0.223. The van der Waals surface area contributed by atoms with Crippen molar-refractivity contribution in [1.82, 2.24) is 25.3 Å². The molecule has 1 aromatic heterocycles. The van der Waals surface area contributed by atoms with Crippen LogP contribution < -0.4 is 5.32 Å². The van der Waals surface area contributed by atoms with E-state index in [4.69, 9.17) is 9.26 Å². The molecule has 1 aromatic rings. The summed E-state index contributed by atoms with van der Waals surface area (Å²) in [6.07, 6.45) is 1.57. The highest BCUT2D eigenvalue weighted by Crippen LogP contribution is 2.16. The molecule has 0 radical (unpaired) electrons. The molecule has 0 aromatic carbocycles. The van der Waals surface area contributed by atoms with Crippen molar-refractivity contribution in [1.29, 1.82) is 0 Å². The summed E-state index contributed by atoms with van der Waals surface area (Å²) in [6.45, 7) is 5.76. The number of carbonyl (C=O) groups is 1. The summed E-state index contributed by atoms with van der Waals surface area (Å²) >= 11 is 0. The lowest BCUT2D eigenvalue weighted by Gasteiger charge is -2.37. The topological polar surface area (TPSA) is 96.1 Å². The first-order valence-corrected chi connectivity index (χ1v) is 8.32. The minimum absolute atomic E-state index is 0.123. The first kappa shape index (κ1) is 16.7. The van der Waals surface area contributed by atoms with Crippen molar-refractivity contribution < 1.29 is 14.1 Å². The van der Waals surface area contributed by atoms with Gasteiger partial charge in [-0.25, -0.2) is 0 Å². The molecule has 2 fully saturated rings. The fourth-order valence-corrected chi connectivity index (χ4v) is 3.02. The van der Waals surface area contributed by atoms with E-state index in [0.29, 0.717) is 38.0 Å². The fourth-order valence-electron chi connectivity index (χ4n) is 3.02. The zero-order chi connectivity index (χ0) is 16.9. The van der Waals surface area contributed by atoms with Gasteiger partial charge < -0.3 is 24.4 Å². The molecule has 0 bridgehead atoms. The highest BCUT2D eigenvalue weighted by Gasteiger charge is 2.30. The summed E-state index contributed by atoms with van der Waals surface area (Å²) in [4.78, 5) is 24.9. The molecule has 24 heavy (non-hydrogen) atoms. The second-order valence-corrected chi connectivity index (χ2v) is 5.94. The minimum atomic E-state index is -0.240. The third-order valence-electron chi connectivity index (χ3n) is 4.28. The summed E-state index contributed by atoms with van der Waals surface area (Å²) in [5.74, 6) is 2.04. The molecule has 0 aliphatic carbocycles. The third kappa shape index (κ3) is 3.84. The van der Waals surface area contributed by atoms with Gasteiger partial charge in [-0.2, -0.15) is 4.98 Å². The van der Waals surface area contributed by atoms with E-state index in [1.807, 2.05) is 4.90 Å². The Bertz CT molecular complexity index is 588. The van der Waals surface area contributed by atoms with Gasteiger partial charge >= 0.3 is 0 Å². The molecule has 3 rings (SSSR count). The van der Waals surface area contributed by atoms with E-state index in [1.165, 1.54) is 0 Å². The Kier molecular flexibility index (Phi) is 5.29. The van der Waals surface area contributed by atoms with Crippen LogP contribution in [0.25, 0.3) is 0 Å². The first-order valence-electron chi connectivity index (χ1n) is 8.32. The van der Waals surface area contributed by atoms with Crippen LogP contribution in [0.5, 0.6) is 0 Å². The molecule has 0 spiro atoms. The largest absolute Gasteiger partial charge is 0.368 e. The lowest BCUT2D eigenvalue weighted by atomic mass is 10.2. The van der Waals surface area contributed by atoms with E-state index in [-0.39, 0.29) is 12.0 Å². The summed E-state index contributed by atoms with van der Waals surface area (Å²) in [5.41, 5.74) is 0. The molecule has 3 heterocycles. The summed E-state index contributed by atoms with van der Waals surface area (Å²) in [7, 11) is 1.74. The maximum atomic E-state index is 12.4. The van der Waals surface area contributed by atoms with Crippen molar-refractivity contribution in [3.63, 3.8) is 0 Å². The molecular formula is C15H24N6O3. The van der Waals surface area contributed by atoms with Gasteiger partial charge in [-0.3, -0.25) is 9.79 Å². The smallest absolute Gasteiger partial charge is 0.251 e. The number of piperazine rings is 1. The summed E-state index contributed by atoms with van der Waals surface area (Å²) in [5, 5.41) is 7.09. The van der Waals surface area contributed by atoms with E-state index in [0.717, 1.165) is 31.9 Å². The normalized spacial score (nSPS) is 22.1. The van der Waals surface area contributed by atoms with Crippen molar-refractivity contribution in [2.24, 2.45) is 4.99 Å². The Morgan fingerprint density at radius 2 is 2.08 bits per heavy atom. The van der Waals surface area contributed by atoms with Gasteiger partial charge in [-0.1, -0.05) is 5.16 Å². The van der Waals surface area contributed by atoms with E-state index in [9.17, 15) is 4.79 Å². The van der Waals surface area contributed by atoms with Gasteiger partial charge in [0.1, 0.15) is 6.10 Å². The van der Waals surface area contributed by atoms with Gasteiger partial charge in [0.05, 0.1) is 6.54 Å². The number of nitrogens with zero attached hydrogens (tertiary/aromatic N) is 5. The van der Waals surface area contributed by atoms with Gasteiger partial charge in [-0.05, 0) is 12.8 Å². The number of amides is 1. The number of hydrogen-bond acceptors (Lipinski definition) is 6. The zero-order valence-electron chi connectivity index (χ0n) is 14.2. The van der Waals surface area contributed by atoms with Crippen LogP contribution in [0.2, 0.25) is 0 Å². The van der Waals surface area contributed by atoms with Crippen LogP contribution in [-0.4, -0.2) is 77.7 Å². The Balaban J connectivity index is 1.48. The van der Waals surface area contributed by atoms with Crippen molar-refractivity contribution >= 4 is 11.9 Å². The minimum Gasteiger partial charge on any atom is -0.368 e. The van der Waals surface area contributed by atoms with Crippen LogP contribution in [0.4, 0.5) is 0 Å². The molecule has 1 atom stereocenters. The van der Waals surface area contributed by atoms with E-state index < -0.39 is 0 Å². The lowest BCUT2D eigenvalue weighted by molar-refractivity contribution is -0.142. The summed E-state index contributed by atoms with van der Waals surface area (Å²) in [6, 6.07) is 0. The van der Waals surface area contributed by atoms with Crippen molar-refractivity contribution in [2.75, 3.05) is 39.8 Å². The quantitative estimate of drug-likeness (QED) is 0.602. The Morgan fingerprint density at radius 1 is 1.33 bits per heavy atom. The maximum Gasteiger partial charge on any atom is 0.251 e. The highest BCUT2D eigenvalue weighted by atomic mass is 16.5. The van der Waals surface area contributed by atoms with Gasteiger partial charge in [-0.15, -0.1) is 0 Å². The van der Waals surface area contributed by atoms with E-state index in [2.05, 4.69) is 25.3 Å². The standard InChI is InChI=1S/C15H24N6O3/c1-11-18-13(19-24-11)10-17-15(16-2)21-7-5-20(6-8-21)14(22)12-4-3-9-23-12/h12H,3-10H2,1-2H3,(H,16,17). The molecule has 0 saturated carbocycles. The van der Waals surface area contributed by atoms with Crippen LogP contribution in [0.1, 0.15) is 24.6 Å². The van der Waals surface area contributed by atoms with E-state index >= 15 is 0 Å². The number of rotatable bonds is 3. The number of aromatic nitrogens is 2. The number of carbonyl (C=O) groups excluding carboxylic acids is 1. The third-order valence-corrected chi connectivity index (χ3v) is 4.28. The number of ether oxygens (including phenoxy) is 1. The maximum absolute atomic E-state index is 12.4. The number of aryl methyl sites for hydroxylation is 1. The number of guanidine groups is 1. The van der Waals surface area contributed by atoms with E-state index in [1.54, 1.807) is 14.0 Å². The van der Waals surface area contributed by atoms with Crippen molar-refractivity contribution in [3.05, 3.63) is 11.7 Å². The first-order chi connectivity index (χ1) is 11.7. The molecule has 1 unspecified atom stereocenters. The number of hydrogen-bond donors (Lipinski definition) is 1. The lowest BCUT2D eigenvalue weighted by Crippen LogP contribution is -2.55. The second kappa shape index (κ2) is 7.61. The number of aliphatic imine (C=N–C) groups is 1. The van der Waals surface area contributed by atoms with Crippen LogP contribution in [0.3, 0.4) is 0 Å². The highest BCUT2D eigenvalue weighted by molar-refractivity contribution is 5.82. The van der Waals surface area contributed by atoms with Gasteiger partial charge in [0.15, 0.2) is 11.8 Å². The average molecular weight is 336 g/mol. The molecule has 132 valence electrons. The van der Waals surface area contributed by atoms with Gasteiger partial charge in [0, 0.05) is 46.8 Å². The average Bonchev–Trinajstić information content (AvgIpc) is 3.27. The molecule has 2 aliphatic heterocycles. The molecule has 1 amide bonds. The summed E-state index contributed by atoms with van der Waals surface area (Å²) < 4.78 is 10.4. The monoisotopic (exact) mass is 336 g/mol. The molecule has 9 heteroatoms.